The molecule has 0 aliphatic heterocycles. The van der Waals surface area contributed by atoms with E-state index >= 15 is 0 Å². The summed E-state index contributed by atoms with van der Waals surface area (Å²) < 4.78 is 102. The fourth-order valence-corrected chi connectivity index (χ4v) is 2.68. The van der Waals surface area contributed by atoms with Crippen molar-refractivity contribution < 1.29 is 50.4 Å². The molecule has 0 saturated heterocycles. The first kappa shape index (κ1) is 25.1. The van der Waals surface area contributed by atoms with Crippen LogP contribution in [0.2, 0.25) is 0 Å². The Hall–Kier alpha value is -2.21. The van der Waals surface area contributed by atoms with Gasteiger partial charge in [-0.1, -0.05) is 12.1 Å². The zero-order valence-electron chi connectivity index (χ0n) is 16.0. The molecule has 0 spiro atoms. The molecular formula is C20H19F7O4. The van der Waals surface area contributed by atoms with Crippen LogP contribution in [0.4, 0.5) is 30.7 Å². The second-order valence-electron chi connectivity index (χ2n) is 6.58. The van der Waals surface area contributed by atoms with Crippen LogP contribution >= 0.6 is 0 Å². The summed E-state index contributed by atoms with van der Waals surface area (Å²) in [6.07, 6.45) is -14.6. The molecule has 0 bridgehead atoms. The first-order valence-corrected chi connectivity index (χ1v) is 8.93. The smallest absolute Gasteiger partial charge is 0.394 e. The molecule has 2 aromatic carbocycles. The summed E-state index contributed by atoms with van der Waals surface area (Å²) >= 11 is 0. The lowest BCUT2D eigenvalue weighted by Gasteiger charge is -2.27. The fraction of sp³-hybridized carbons (Fsp3) is 0.400. The van der Waals surface area contributed by atoms with Crippen LogP contribution in [0.3, 0.4) is 0 Å². The Kier molecular flexibility index (Phi) is 8.04. The van der Waals surface area contributed by atoms with E-state index in [4.69, 9.17) is 14.6 Å². The summed E-state index contributed by atoms with van der Waals surface area (Å²) in [5, 5.41) is 19.4. The average Bonchev–Trinajstić information content (AvgIpc) is 2.69. The molecule has 2 rings (SSSR count). The van der Waals surface area contributed by atoms with Crippen LogP contribution in [0.25, 0.3) is 0 Å². The van der Waals surface area contributed by atoms with E-state index in [1.807, 2.05) is 0 Å². The molecule has 2 aromatic rings. The molecule has 0 aliphatic rings. The minimum absolute atomic E-state index is 0.0106. The quantitative estimate of drug-likeness (QED) is 0.433. The number of ether oxygens (including phenoxy) is 2. The van der Waals surface area contributed by atoms with Crippen molar-refractivity contribution in [1.82, 2.24) is 0 Å². The second kappa shape index (κ2) is 9.94. The van der Waals surface area contributed by atoms with Gasteiger partial charge in [0.2, 0.25) is 0 Å². The third-order valence-corrected chi connectivity index (χ3v) is 4.26. The number of aliphatic hydroxyl groups is 2. The number of rotatable bonds is 8. The van der Waals surface area contributed by atoms with Gasteiger partial charge in [0.05, 0.1) is 30.4 Å². The molecule has 0 heterocycles. The predicted molar refractivity (Wildman–Crippen MR) is 94.1 cm³/mol. The lowest BCUT2D eigenvalue weighted by atomic mass is 10.0. The molecule has 0 radical (unpaired) electrons. The van der Waals surface area contributed by atoms with Gasteiger partial charge in [0.25, 0.3) is 0 Å². The molecule has 3 atom stereocenters. The predicted octanol–water partition coefficient (Wildman–Crippen LogP) is 5.01. The Balaban J connectivity index is 2.35. The van der Waals surface area contributed by atoms with Gasteiger partial charge in [-0.15, -0.1) is 0 Å². The van der Waals surface area contributed by atoms with Crippen molar-refractivity contribution in [2.24, 2.45) is 0 Å². The van der Waals surface area contributed by atoms with Crippen molar-refractivity contribution in [2.45, 2.75) is 37.8 Å². The van der Waals surface area contributed by atoms with E-state index in [1.54, 1.807) is 0 Å². The van der Waals surface area contributed by atoms with Gasteiger partial charge < -0.3 is 19.7 Å². The largest absolute Gasteiger partial charge is 0.416 e. The Labute approximate surface area is 172 Å². The van der Waals surface area contributed by atoms with Crippen molar-refractivity contribution in [1.29, 1.82) is 0 Å². The van der Waals surface area contributed by atoms with Crippen LogP contribution in [0.15, 0.2) is 42.5 Å². The van der Waals surface area contributed by atoms with Gasteiger partial charge in [-0.25, -0.2) is 4.39 Å². The monoisotopic (exact) mass is 456 g/mol. The molecule has 0 fully saturated rings. The molecular weight excluding hydrogens is 437 g/mol. The van der Waals surface area contributed by atoms with Gasteiger partial charge >= 0.3 is 12.4 Å². The lowest BCUT2D eigenvalue weighted by Crippen LogP contribution is -2.28. The van der Waals surface area contributed by atoms with Crippen molar-refractivity contribution in [3.8, 4) is 0 Å². The minimum atomic E-state index is -5.03. The maximum atomic E-state index is 13.1. The van der Waals surface area contributed by atoms with Crippen LogP contribution in [0.1, 0.15) is 41.4 Å². The van der Waals surface area contributed by atoms with E-state index in [9.17, 15) is 35.8 Å². The number of alkyl halides is 6. The topological polar surface area (TPSA) is 58.9 Å². The highest BCUT2D eigenvalue weighted by Crippen LogP contribution is 2.38. The Morgan fingerprint density at radius 1 is 0.871 bits per heavy atom. The first-order chi connectivity index (χ1) is 14.3. The normalized spacial score (nSPS) is 15.5. The summed E-state index contributed by atoms with van der Waals surface area (Å²) in [5.41, 5.74) is -3.36. The van der Waals surface area contributed by atoms with Gasteiger partial charge in [0.1, 0.15) is 11.9 Å². The maximum absolute atomic E-state index is 13.1. The van der Waals surface area contributed by atoms with Gasteiger partial charge in [0.15, 0.2) is 6.29 Å². The second-order valence-corrected chi connectivity index (χ2v) is 6.58. The van der Waals surface area contributed by atoms with E-state index in [0.717, 1.165) is 12.1 Å². The summed E-state index contributed by atoms with van der Waals surface area (Å²) in [6.45, 7) is 0.348. The average molecular weight is 456 g/mol. The molecule has 172 valence electrons. The van der Waals surface area contributed by atoms with E-state index in [0.29, 0.717) is 12.1 Å². The Morgan fingerprint density at radius 2 is 1.39 bits per heavy atom. The number of aliphatic hydroxyl groups excluding tert-OH is 2. The molecule has 0 saturated carbocycles. The number of benzene rings is 2. The zero-order valence-corrected chi connectivity index (χ0v) is 16.0. The summed E-state index contributed by atoms with van der Waals surface area (Å²) in [5.74, 6) is -0.596. The highest BCUT2D eigenvalue weighted by atomic mass is 19.4. The van der Waals surface area contributed by atoms with Crippen LogP contribution in [-0.2, 0) is 21.8 Å². The molecule has 11 heteroatoms. The van der Waals surface area contributed by atoms with Crippen molar-refractivity contribution >= 4 is 0 Å². The van der Waals surface area contributed by atoms with Crippen molar-refractivity contribution in [3.63, 3.8) is 0 Å². The SMILES string of the molecule is C[C@@H](OC(OCCO)C(O)c1ccc(F)cc1)c1cc(C(F)(F)F)cc(C(F)(F)F)c1. The van der Waals surface area contributed by atoms with Crippen LogP contribution in [0, 0.1) is 5.82 Å². The minimum Gasteiger partial charge on any atom is -0.394 e. The maximum Gasteiger partial charge on any atom is 0.416 e. The van der Waals surface area contributed by atoms with E-state index < -0.39 is 60.0 Å². The summed E-state index contributed by atoms with van der Waals surface area (Å²) in [6, 6.07) is 5.48. The standard InChI is InChI=1S/C20H19F7O4/c1-11(13-8-14(19(22,23)24)10-15(9-13)20(25,26)27)31-18(30-7-6-28)17(29)12-2-4-16(21)5-3-12/h2-5,8-11,17-18,28-29H,6-7H2,1H3/t11-,17?,18?/m1/s1. The Bertz CT molecular complexity index is 818. The molecule has 0 amide bonds. The van der Waals surface area contributed by atoms with E-state index in [2.05, 4.69) is 0 Å². The Morgan fingerprint density at radius 3 is 1.84 bits per heavy atom. The summed E-state index contributed by atoms with van der Waals surface area (Å²) in [7, 11) is 0. The summed E-state index contributed by atoms with van der Waals surface area (Å²) in [4.78, 5) is 0. The van der Waals surface area contributed by atoms with Crippen LogP contribution in [0.5, 0.6) is 0 Å². The van der Waals surface area contributed by atoms with Crippen molar-refractivity contribution in [2.75, 3.05) is 13.2 Å². The van der Waals surface area contributed by atoms with Crippen molar-refractivity contribution in [3.05, 3.63) is 70.5 Å². The molecule has 4 nitrogen and oxygen atoms in total. The number of hydrogen-bond acceptors (Lipinski definition) is 4. The lowest BCUT2D eigenvalue weighted by molar-refractivity contribution is -0.219. The van der Waals surface area contributed by atoms with Crippen LogP contribution in [-0.4, -0.2) is 29.7 Å². The third-order valence-electron chi connectivity index (χ3n) is 4.26. The molecule has 2 N–H and O–H groups in total. The first-order valence-electron chi connectivity index (χ1n) is 8.93. The number of hydrogen-bond donors (Lipinski definition) is 2. The fourth-order valence-electron chi connectivity index (χ4n) is 2.68. The highest BCUT2D eigenvalue weighted by molar-refractivity contribution is 5.34. The molecule has 31 heavy (non-hydrogen) atoms. The van der Waals surface area contributed by atoms with Gasteiger partial charge in [-0.3, -0.25) is 0 Å². The van der Waals surface area contributed by atoms with E-state index in [-0.39, 0.29) is 18.2 Å². The van der Waals surface area contributed by atoms with Gasteiger partial charge in [0, 0.05) is 0 Å². The third kappa shape index (κ3) is 6.89. The van der Waals surface area contributed by atoms with Gasteiger partial charge in [-0.05, 0) is 48.4 Å². The van der Waals surface area contributed by atoms with Gasteiger partial charge in [-0.2, -0.15) is 26.3 Å². The zero-order chi connectivity index (χ0) is 23.4. The van der Waals surface area contributed by atoms with Crippen LogP contribution < -0.4 is 0 Å². The van der Waals surface area contributed by atoms with E-state index in [1.165, 1.54) is 19.1 Å². The highest BCUT2D eigenvalue weighted by Gasteiger charge is 2.37. The molecule has 2 unspecified atom stereocenters. The molecule has 0 aliphatic carbocycles. The molecule has 0 aromatic heterocycles. The number of halogens is 7.